The number of nitriles is 1. The van der Waals surface area contributed by atoms with Crippen LogP contribution >= 0.6 is 0 Å². The average molecular weight is 256 g/mol. The van der Waals surface area contributed by atoms with Crippen molar-refractivity contribution in [1.82, 2.24) is 4.90 Å². The first-order valence-corrected chi connectivity index (χ1v) is 7.62. The number of carbonyl (C=O) groups is 1. The molecule has 2 fully saturated rings. The molecule has 0 unspecified atom stereocenters. The predicted molar refractivity (Wildman–Crippen MR) is 61.7 cm³/mol. The second-order valence-corrected chi connectivity index (χ2v) is 7.45. The quantitative estimate of drug-likeness (QED) is 0.670. The Labute approximate surface area is 101 Å². The predicted octanol–water partition coefficient (Wildman–Crippen LogP) is 0.183. The molecule has 0 radical (unpaired) electrons. The third-order valence-corrected chi connectivity index (χ3v) is 5.26. The van der Waals surface area contributed by atoms with Gasteiger partial charge < -0.3 is 4.90 Å². The van der Waals surface area contributed by atoms with Crippen LogP contribution in [0.3, 0.4) is 0 Å². The van der Waals surface area contributed by atoms with E-state index in [1.165, 1.54) is 4.90 Å². The molecule has 2 rings (SSSR count). The molecule has 17 heavy (non-hydrogen) atoms. The van der Waals surface area contributed by atoms with Gasteiger partial charge in [0.1, 0.15) is 5.41 Å². The highest BCUT2D eigenvalue weighted by molar-refractivity contribution is 7.91. The molecule has 0 aromatic carbocycles. The van der Waals surface area contributed by atoms with E-state index < -0.39 is 15.3 Å². The molecule has 6 heteroatoms. The third kappa shape index (κ3) is 2.16. The fraction of sp³-hybridized carbons (Fsp3) is 0.818. The minimum atomic E-state index is -2.98. The second kappa shape index (κ2) is 3.98. The lowest BCUT2D eigenvalue weighted by molar-refractivity contribution is -0.144. The lowest BCUT2D eigenvalue weighted by atomic mass is 9.62. The molecule has 1 saturated carbocycles. The maximum absolute atomic E-state index is 12.2. The Morgan fingerprint density at radius 2 is 1.88 bits per heavy atom. The number of hydrogen-bond acceptors (Lipinski definition) is 4. The molecule has 0 aromatic heterocycles. The summed E-state index contributed by atoms with van der Waals surface area (Å²) in [7, 11) is -2.98. The van der Waals surface area contributed by atoms with Crippen LogP contribution in [-0.2, 0) is 14.6 Å². The summed E-state index contributed by atoms with van der Waals surface area (Å²) in [5.41, 5.74) is -0.874. The minimum Gasteiger partial charge on any atom is -0.339 e. The molecule has 0 spiro atoms. The summed E-state index contributed by atoms with van der Waals surface area (Å²) in [5, 5.41) is 9.14. The molecule has 1 aliphatic carbocycles. The van der Waals surface area contributed by atoms with Crippen LogP contribution in [0.25, 0.3) is 0 Å². The largest absolute Gasteiger partial charge is 0.339 e. The van der Waals surface area contributed by atoms with Crippen LogP contribution in [0, 0.1) is 22.7 Å². The van der Waals surface area contributed by atoms with Crippen molar-refractivity contribution >= 4 is 15.7 Å². The first-order valence-electron chi connectivity index (χ1n) is 5.80. The van der Waals surface area contributed by atoms with Crippen LogP contribution < -0.4 is 0 Å². The van der Waals surface area contributed by atoms with Gasteiger partial charge in [-0.15, -0.1) is 0 Å². The van der Waals surface area contributed by atoms with Gasteiger partial charge in [-0.05, 0) is 18.8 Å². The Hall–Kier alpha value is -1.09. The average Bonchev–Trinajstić information content (AvgIpc) is 2.23. The first kappa shape index (κ1) is 12.4. The molecule has 0 bridgehead atoms. The van der Waals surface area contributed by atoms with Crippen molar-refractivity contribution in [2.75, 3.05) is 24.6 Å². The van der Waals surface area contributed by atoms with Crippen molar-refractivity contribution in [3.8, 4) is 6.07 Å². The fourth-order valence-electron chi connectivity index (χ4n) is 2.66. The van der Waals surface area contributed by atoms with Crippen molar-refractivity contribution in [2.45, 2.75) is 19.8 Å². The maximum atomic E-state index is 12.2. The Morgan fingerprint density at radius 1 is 1.35 bits per heavy atom. The van der Waals surface area contributed by atoms with Gasteiger partial charge in [-0.1, -0.05) is 6.92 Å². The van der Waals surface area contributed by atoms with Crippen LogP contribution in [0.15, 0.2) is 0 Å². The number of amides is 1. The number of nitrogens with zero attached hydrogens (tertiary/aromatic N) is 2. The molecule has 0 aromatic rings. The lowest BCUT2D eigenvalue weighted by Gasteiger charge is -2.43. The van der Waals surface area contributed by atoms with Crippen molar-refractivity contribution < 1.29 is 13.2 Å². The van der Waals surface area contributed by atoms with Gasteiger partial charge in [0, 0.05) is 13.1 Å². The zero-order valence-electron chi connectivity index (χ0n) is 9.85. The molecular weight excluding hydrogens is 240 g/mol. The molecule has 1 amide bonds. The van der Waals surface area contributed by atoms with E-state index in [0.717, 1.165) is 0 Å². The highest BCUT2D eigenvalue weighted by Crippen LogP contribution is 2.46. The van der Waals surface area contributed by atoms with Gasteiger partial charge in [0.2, 0.25) is 5.91 Å². The number of rotatable bonds is 1. The van der Waals surface area contributed by atoms with Crippen molar-refractivity contribution in [1.29, 1.82) is 5.26 Å². The fourth-order valence-corrected chi connectivity index (χ4v) is 3.86. The Morgan fingerprint density at radius 3 is 2.29 bits per heavy atom. The van der Waals surface area contributed by atoms with Crippen LogP contribution in [0.4, 0.5) is 0 Å². The highest BCUT2D eigenvalue weighted by atomic mass is 32.2. The molecular formula is C11H16N2O3S. The zero-order valence-corrected chi connectivity index (χ0v) is 10.7. The van der Waals surface area contributed by atoms with Gasteiger partial charge in [0.25, 0.3) is 0 Å². The molecule has 1 heterocycles. The topological polar surface area (TPSA) is 78.2 Å². The van der Waals surface area contributed by atoms with Gasteiger partial charge in [-0.3, -0.25) is 4.79 Å². The lowest BCUT2D eigenvalue weighted by Crippen LogP contribution is -2.53. The number of hydrogen-bond donors (Lipinski definition) is 0. The van der Waals surface area contributed by atoms with Crippen molar-refractivity contribution in [3.63, 3.8) is 0 Å². The SMILES string of the molecule is CC1CC(C#N)(C(=O)N2CCS(=O)(=O)CC2)C1. The summed E-state index contributed by atoms with van der Waals surface area (Å²) in [6.45, 7) is 2.49. The normalized spacial score (nSPS) is 35.8. The molecule has 5 nitrogen and oxygen atoms in total. The molecule has 0 atom stereocenters. The van der Waals surface area contributed by atoms with E-state index in [0.29, 0.717) is 18.8 Å². The van der Waals surface area contributed by atoms with Crippen LogP contribution in [0.2, 0.25) is 0 Å². The van der Waals surface area contributed by atoms with E-state index >= 15 is 0 Å². The van der Waals surface area contributed by atoms with Gasteiger partial charge >= 0.3 is 0 Å². The molecule has 1 saturated heterocycles. The van der Waals surface area contributed by atoms with Crippen LogP contribution in [0.5, 0.6) is 0 Å². The van der Waals surface area contributed by atoms with Gasteiger partial charge in [0.15, 0.2) is 9.84 Å². The van der Waals surface area contributed by atoms with E-state index in [1.54, 1.807) is 0 Å². The standard InChI is InChI=1S/C11H16N2O3S/c1-9-6-11(7-9,8-12)10(14)13-2-4-17(15,16)5-3-13/h9H,2-7H2,1H3. The van der Waals surface area contributed by atoms with E-state index in [-0.39, 0.29) is 30.5 Å². The Bertz CT molecular complexity index is 457. The zero-order chi connectivity index (χ0) is 12.7. The first-order chi connectivity index (χ1) is 7.88. The Balaban J connectivity index is 2.05. The summed E-state index contributed by atoms with van der Waals surface area (Å²) in [6.07, 6.45) is 1.21. The van der Waals surface area contributed by atoms with Crippen LogP contribution in [0.1, 0.15) is 19.8 Å². The maximum Gasteiger partial charge on any atom is 0.243 e. The summed E-state index contributed by atoms with van der Waals surface area (Å²) < 4.78 is 22.5. The molecule has 0 N–H and O–H groups in total. The van der Waals surface area contributed by atoms with E-state index in [4.69, 9.17) is 5.26 Å². The van der Waals surface area contributed by atoms with E-state index in [2.05, 4.69) is 6.07 Å². The molecule has 2 aliphatic rings. The summed E-state index contributed by atoms with van der Waals surface area (Å²) >= 11 is 0. The third-order valence-electron chi connectivity index (χ3n) is 3.65. The minimum absolute atomic E-state index is 0.0236. The van der Waals surface area contributed by atoms with E-state index in [9.17, 15) is 13.2 Å². The van der Waals surface area contributed by atoms with E-state index in [1.807, 2.05) is 6.92 Å². The smallest absolute Gasteiger partial charge is 0.243 e. The summed E-state index contributed by atoms with van der Waals surface area (Å²) in [6, 6.07) is 2.12. The summed E-state index contributed by atoms with van der Waals surface area (Å²) in [4.78, 5) is 13.7. The Kier molecular flexibility index (Phi) is 2.90. The monoisotopic (exact) mass is 256 g/mol. The summed E-state index contributed by atoms with van der Waals surface area (Å²) in [5.74, 6) is 0.283. The number of sulfone groups is 1. The van der Waals surface area contributed by atoms with Gasteiger partial charge in [-0.2, -0.15) is 5.26 Å². The molecule has 94 valence electrons. The van der Waals surface area contributed by atoms with Gasteiger partial charge in [-0.25, -0.2) is 8.42 Å². The number of carbonyl (C=O) groups excluding carboxylic acids is 1. The second-order valence-electron chi connectivity index (χ2n) is 5.15. The van der Waals surface area contributed by atoms with Gasteiger partial charge in [0.05, 0.1) is 17.6 Å². The van der Waals surface area contributed by atoms with Crippen molar-refractivity contribution in [2.24, 2.45) is 11.3 Å². The highest BCUT2D eigenvalue weighted by Gasteiger charge is 2.51. The van der Waals surface area contributed by atoms with Crippen LogP contribution in [-0.4, -0.2) is 43.8 Å². The molecule has 1 aliphatic heterocycles. The van der Waals surface area contributed by atoms with Crippen molar-refractivity contribution in [3.05, 3.63) is 0 Å².